The van der Waals surface area contributed by atoms with Crippen molar-refractivity contribution in [3.63, 3.8) is 0 Å². The van der Waals surface area contributed by atoms with Crippen LogP contribution in [0.15, 0.2) is 54.6 Å². The monoisotopic (exact) mass is 236 g/mol. The Kier molecular flexibility index (Phi) is 3.99. The summed E-state index contributed by atoms with van der Waals surface area (Å²) in [7, 11) is 0. The van der Waals surface area contributed by atoms with Crippen LogP contribution in [0, 0.1) is 13.8 Å². The molecule has 0 aromatic heterocycles. The van der Waals surface area contributed by atoms with Crippen molar-refractivity contribution in [3.8, 4) is 0 Å². The molecule has 0 saturated carbocycles. The molecule has 0 N–H and O–H groups in total. The quantitative estimate of drug-likeness (QED) is 0.693. The van der Waals surface area contributed by atoms with Crippen LogP contribution in [0.25, 0.3) is 6.08 Å². The maximum Gasteiger partial charge on any atom is -0.000448 e. The minimum absolute atomic E-state index is 0.450. The van der Waals surface area contributed by atoms with Crippen LogP contribution < -0.4 is 0 Å². The number of hydrogen-bond acceptors (Lipinski definition) is 0. The van der Waals surface area contributed by atoms with Gasteiger partial charge < -0.3 is 0 Å². The van der Waals surface area contributed by atoms with E-state index in [4.69, 9.17) is 0 Å². The Hall–Kier alpha value is -1.82. The summed E-state index contributed by atoms with van der Waals surface area (Å²) in [6, 6.07) is 17.1. The lowest BCUT2D eigenvalue weighted by Gasteiger charge is -2.11. The fraction of sp³-hybridized carbons (Fsp3) is 0.222. The molecule has 18 heavy (non-hydrogen) atoms. The first-order valence-electron chi connectivity index (χ1n) is 6.47. The first-order chi connectivity index (χ1) is 8.66. The Morgan fingerprint density at radius 2 is 1.67 bits per heavy atom. The third kappa shape index (κ3) is 3.10. The van der Waals surface area contributed by atoms with E-state index >= 15 is 0 Å². The molecule has 0 saturated heterocycles. The van der Waals surface area contributed by atoms with Crippen molar-refractivity contribution in [2.75, 3.05) is 0 Å². The van der Waals surface area contributed by atoms with Crippen LogP contribution in [0.1, 0.15) is 35.1 Å². The van der Waals surface area contributed by atoms with Crippen molar-refractivity contribution in [3.05, 3.63) is 76.9 Å². The van der Waals surface area contributed by atoms with Crippen LogP contribution in [0.2, 0.25) is 0 Å². The molecule has 2 aromatic carbocycles. The van der Waals surface area contributed by atoms with Gasteiger partial charge in [0.1, 0.15) is 0 Å². The number of hydrogen-bond donors (Lipinski definition) is 0. The van der Waals surface area contributed by atoms with Gasteiger partial charge in [0.15, 0.2) is 0 Å². The van der Waals surface area contributed by atoms with E-state index in [2.05, 4.69) is 75.4 Å². The van der Waals surface area contributed by atoms with Gasteiger partial charge in [-0.25, -0.2) is 0 Å². The summed E-state index contributed by atoms with van der Waals surface area (Å²) in [6.07, 6.45) is 4.47. The molecule has 0 aliphatic rings. The summed E-state index contributed by atoms with van der Waals surface area (Å²) in [6.45, 7) is 6.58. The van der Waals surface area contributed by atoms with E-state index in [0.717, 1.165) is 0 Å². The summed E-state index contributed by atoms with van der Waals surface area (Å²) in [5, 5.41) is 0. The largest absolute Gasteiger partial charge is 0.0767 e. The molecule has 0 aliphatic heterocycles. The van der Waals surface area contributed by atoms with Gasteiger partial charge in [-0.05, 0) is 36.5 Å². The molecule has 1 atom stereocenters. The van der Waals surface area contributed by atoms with Crippen molar-refractivity contribution in [2.45, 2.75) is 26.7 Å². The second kappa shape index (κ2) is 5.68. The van der Waals surface area contributed by atoms with Crippen LogP contribution in [0.4, 0.5) is 0 Å². The Labute approximate surface area is 110 Å². The second-order valence-electron chi connectivity index (χ2n) is 4.92. The van der Waals surface area contributed by atoms with E-state index in [0.29, 0.717) is 5.92 Å². The lowest BCUT2D eigenvalue weighted by atomic mass is 9.94. The van der Waals surface area contributed by atoms with Gasteiger partial charge >= 0.3 is 0 Å². The van der Waals surface area contributed by atoms with Crippen molar-refractivity contribution >= 4 is 6.08 Å². The highest BCUT2D eigenvalue weighted by molar-refractivity contribution is 5.51. The van der Waals surface area contributed by atoms with Gasteiger partial charge in [-0.1, -0.05) is 73.2 Å². The van der Waals surface area contributed by atoms with E-state index in [1.54, 1.807) is 0 Å². The first-order valence-corrected chi connectivity index (χ1v) is 6.47. The predicted octanol–water partition coefficient (Wildman–Crippen LogP) is 5.12. The zero-order chi connectivity index (χ0) is 13.0. The van der Waals surface area contributed by atoms with Crippen molar-refractivity contribution < 1.29 is 0 Å². The molecule has 0 amide bonds. The molecule has 2 rings (SSSR count). The lowest BCUT2D eigenvalue weighted by molar-refractivity contribution is 0.955. The smallest absolute Gasteiger partial charge is 0.000448 e. The zero-order valence-corrected chi connectivity index (χ0v) is 11.4. The Bertz CT molecular complexity index is 535. The normalized spacial score (nSPS) is 12.8. The molecule has 2 aromatic rings. The average molecular weight is 236 g/mol. The van der Waals surface area contributed by atoms with E-state index < -0.39 is 0 Å². The van der Waals surface area contributed by atoms with Crippen molar-refractivity contribution in [1.29, 1.82) is 0 Å². The zero-order valence-electron chi connectivity index (χ0n) is 11.4. The molecule has 0 heterocycles. The van der Waals surface area contributed by atoms with Crippen LogP contribution in [0.5, 0.6) is 0 Å². The van der Waals surface area contributed by atoms with Crippen LogP contribution in [0.3, 0.4) is 0 Å². The molecule has 0 nitrogen and oxygen atoms in total. The maximum absolute atomic E-state index is 2.27. The van der Waals surface area contributed by atoms with E-state index in [1.807, 2.05) is 6.07 Å². The van der Waals surface area contributed by atoms with Gasteiger partial charge in [-0.3, -0.25) is 0 Å². The third-order valence-electron chi connectivity index (χ3n) is 3.29. The Morgan fingerprint density at radius 3 is 2.33 bits per heavy atom. The molecular weight excluding hydrogens is 216 g/mol. The number of aryl methyl sites for hydroxylation is 2. The SMILES string of the molecule is Cc1ccc(C(C)C=Cc2ccccc2)c(C)c1. The van der Waals surface area contributed by atoms with E-state index in [-0.39, 0.29) is 0 Å². The summed E-state index contributed by atoms with van der Waals surface area (Å²) in [5.74, 6) is 0.450. The van der Waals surface area contributed by atoms with Crippen LogP contribution >= 0.6 is 0 Å². The Morgan fingerprint density at radius 1 is 0.944 bits per heavy atom. The molecule has 0 aliphatic carbocycles. The highest BCUT2D eigenvalue weighted by atomic mass is 14.1. The molecule has 0 fully saturated rings. The third-order valence-corrected chi connectivity index (χ3v) is 3.29. The molecule has 0 heteroatoms. The van der Waals surface area contributed by atoms with Gasteiger partial charge in [0.05, 0.1) is 0 Å². The topological polar surface area (TPSA) is 0 Å². The standard InChI is InChI=1S/C18H20/c1-14-9-12-18(16(3)13-14)15(2)10-11-17-7-5-4-6-8-17/h4-13,15H,1-3H3. The fourth-order valence-electron chi connectivity index (χ4n) is 2.26. The molecular formula is C18H20. The number of allylic oxidation sites excluding steroid dienone is 1. The summed E-state index contributed by atoms with van der Waals surface area (Å²) < 4.78 is 0. The summed E-state index contributed by atoms with van der Waals surface area (Å²) in [4.78, 5) is 0. The Balaban J connectivity index is 2.17. The molecule has 1 unspecified atom stereocenters. The summed E-state index contributed by atoms with van der Waals surface area (Å²) >= 11 is 0. The van der Waals surface area contributed by atoms with Gasteiger partial charge in [-0.2, -0.15) is 0 Å². The lowest BCUT2D eigenvalue weighted by Crippen LogP contribution is -1.93. The van der Waals surface area contributed by atoms with Gasteiger partial charge in [0, 0.05) is 0 Å². The molecule has 92 valence electrons. The molecule has 0 radical (unpaired) electrons. The van der Waals surface area contributed by atoms with E-state index in [9.17, 15) is 0 Å². The minimum atomic E-state index is 0.450. The molecule has 0 bridgehead atoms. The maximum atomic E-state index is 2.27. The molecule has 0 spiro atoms. The fourth-order valence-corrected chi connectivity index (χ4v) is 2.26. The van der Waals surface area contributed by atoms with E-state index in [1.165, 1.54) is 22.3 Å². The van der Waals surface area contributed by atoms with Crippen molar-refractivity contribution in [2.24, 2.45) is 0 Å². The average Bonchev–Trinajstić information content (AvgIpc) is 2.37. The predicted molar refractivity (Wildman–Crippen MR) is 79.8 cm³/mol. The number of benzene rings is 2. The highest BCUT2D eigenvalue weighted by Gasteiger charge is 2.04. The van der Waals surface area contributed by atoms with Crippen LogP contribution in [-0.2, 0) is 0 Å². The van der Waals surface area contributed by atoms with Crippen molar-refractivity contribution in [1.82, 2.24) is 0 Å². The van der Waals surface area contributed by atoms with Gasteiger partial charge in [0.2, 0.25) is 0 Å². The minimum Gasteiger partial charge on any atom is -0.0767 e. The second-order valence-corrected chi connectivity index (χ2v) is 4.92. The van der Waals surface area contributed by atoms with Gasteiger partial charge in [-0.15, -0.1) is 0 Å². The summed E-state index contributed by atoms with van der Waals surface area (Å²) in [5.41, 5.74) is 5.37. The number of rotatable bonds is 3. The highest BCUT2D eigenvalue weighted by Crippen LogP contribution is 2.22. The van der Waals surface area contributed by atoms with Crippen LogP contribution in [-0.4, -0.2) is 0 Å². The van der Waals surface area contributed by atoms with Gasteiger partial charge in [0.25, 0.3) is 0 Å². The first kappa shape index (κ1) is 12.6.